The van der Waals surface area contributed by atoms with E-state index in [2.05, 4.69) is 15.5 Å². The van der Waals surface area contributed by atoms with Crippen molar-refractivity contribution in [1.82, 2.24) is 0 Å². The van der Waals surface area contributed by atoms with Crippen molar-refractivity contribution >= 4 is 0 Å². The van der Waals surface area contributed by atoms with Gasteiger partial charge in [-0.1, -0.05) is 0 Å². The highest BCUT2D eigenvalue weighted by molar-refractivity contribution is 4.77. The van der Waals surface area contributed by atoms with Gasteiger partial charge in [0.25, 0.3) is 0 Å². The molecule has 0 spiro atoms. The summed E-state index contributed by atoms with van der Waals surface area (Å²) in [5, 5.41) is 8.70. The molecule has 0 aromatic carbocycles. The van der Waals surface area contributed by atoms with Crippen LogP contribution in [0.15, 0.2) is 0 Å². The molecule has 0 saturated carbocycles. The van der Waals surface area contributed by atoms with E-state index in [1.54, 1.807) is 0 Å². The molecule has 4 nitrogen and oxygen atoms in total. The van der Waals surface area contributed by atoms with Gasteiger partial charge in [-0.15, -0.1) is 0 Å². The number of epoxide rings is 1. The van der Waals surface area contributed by atoms with Gasteiger partial charge in [0, 0.05) is 0 Å². The largest absolute Gasteiger partial charge is 0.362 e. The van der Waals surface area contributed by atoms with Crippen LogP contribution in [-0.2, 0) is 9.57 Å². The molecule has 1 aliphatic rings. The molecule has 0 aromatic heterocycles. The molecule has 0 bridgehead atoms. The third-order valence-electron chi connectivity index (χ3n) is 0.786. The first-order valence-electron chi connectivity index (χ1n) is 1.95. The summed E-state index contributed by atoms with van der Waals surface area (Å²) < 4.78 is 4.49. The van der Waals surface area contributed by atoms with Crippen LogP contribution in [0.3, 0.4) is 0 Å². The molecule has 3 N–H and O–H groups in total. The summed E-state index contributed by atoms with van der Waals surface area (Å²) in [5.74, 6) is 3.57. The first kappa shape index (κ1) is 4.99. The number of aliphatic hydroxyl groups is 1. The second kappa shape index (κ2) is 1.41. The number of hydrogen-bond donors (Lipinski definition) is 2. The van der Waals surface area contributed by atoms with Gasteiger partial charge >= 0.3 is 0 Å². The van der Waals surface area contributed by atoms with E-state index >= 15 is 0 Å². The predicted molar refractivity (Wildman–Crippen MR) is 21.0 cm³/mol. The summed E-state index contributed by atoms with van der Waals surface area (Å²) in [7, 11) is 0. The topological polar surface area (TPSA) is 68.0 Å². The highest BCUT2D eigenvalue weighted by Gasteiger charge is 2.42. The number of nitrogens with two attached hydrogens (primary N) is 1. The van der Waals surface area contributed by atoms with Gasteiger partial charge in [0.05, 0.1) is 0 Å². The van der Waals surface area contributed by atoms with E-state index in [1.807, 2.05) is 0 Å². The summed E-state index contributed by atoms with van der Waals surface area (Å²) in [5.41, 5.74) is 0. The fourth-order valence-corrected chi connectivity index (χ4v) is 0.297. The Morgan fingerprint density at radius 1 is 2.00 bits per heavy atom. The second-order valence-electron chi connectivity index (χ2n) is 1.55. The number of rotatable bonds is 2. The van der Waals surface area contributed by atoms with Gasteiger partial charge in [0.1, 0.15) is 13.2 Å². The lowest BCUT2D eigenvalue weighted by Gasteiger charge is -1.97. The van der Waals surface area contributed by atoms with Crippen LogP contribution < -0.4 is 5.90 Å². The molecule has 0 aliphatic carbocycles. The minimum Gasteiger partial charge on any atom is -0.362 e. The van der Waals surface area contributed by atoms with E-state index in [1.165, 1.54) is 0 Å². The molecule has 1 aliphatic heterocycles. The van der Waals surface area contributed by atoms with Crippen molar-refractivity contribution in [2.75, 3.05) is 13.2 Å². The first-order valence-corrected chi connectivity index (χ1v) is 1.95. The van der Waals surface area contributed by atoms with Crippen molar-refractivity contribution in [2.45, 2.75) is 5.79 Å². The molecule has 1 atom stereocenters. The molecule has 1 rings (SSSR count). The molecule has 1 fully saturated rings. The predicted octanol–water partition coefficient (Wildman–Crippen LogP) is -1.40. The highest BCUT2D eigenvalue weighted by Crippen LogP contribution is 2.21. The molecular weight excluding hydrogens is 98.0 g/mol. The molecule has 0 aromatic rings. The molecule has 1 unspecified atom stereocenters. The summed E-state index contributed by atoms with van der Waals surface area (Å²) >= 11 is 0. The third kappa shape index (κ3) is 1.10. The Morgan fingerprint density at radius 3 is 2.71 bits per heavy atom. The van der Waals surface area contributed by atoms with Gasteiger partial charge < -0.3 is 9.84 Å². The van der Waals surface area contributed by atoms with E-state index in [0.717, 1.165) is 0 Å². The van der Waals surface area contributed by atoms with Crippen LogP contribution in [0, 0.1) is 0 Å². The number of hydrogen-bond acceptors (Lipinski definition) is 4. The van der Waals surface area contributed by atoms with E-state index in [4.69, 9.17) is 5.11 Å². The summed E-state index contributed by atoms with van der Waals surface area (Å²) in [6.45, 7) is 0.400. The Labute approximate surface area is 40.8 Å². The smallest absolute Gasteiger partial charge is 0.215 e. The first-order chi connectivity index (χ1) is 3.27. The van der Waals surface area contributed by atoms with E-state index in [0.29, 0.717) is 6.61 Å². The Balaban J connectivity index is 2.13. The zero-order chi connectivity index (χ0) is 5.33. The van der Waals surface area contributed by atoms with E-state index in [-0.39, 0.29) is 6.61 Å². The maximum Gasteiger partial charge on any atom is 0.215 e. The maximum atomic E-state index is 8.70. The van der Waals surface area contributed by atoms with Crippen LogP contribution in [0.5, 0.6) is 0 Å². The molecule has 7 heavy (non-hydrogen) atoms. The lowest BCUT2D eigenvalue weighted by Crippen LogP contribution is -2.20. The zero-order valence-corrected chi connectivity index (χ0v) is 3.76. The molecule has 1 heterocycles. The molecule has 0 radical (unpaired) electrons. The van der Waals surface area contributed by atoms with Crippen LogP contribution >= 0.6 is 0 Å². The van der Waals surface area contributed by atoms with Gasteiger partial charge in [-0.2, -0.15) is 0 Å². The van der Waals surface area contributed by atoms with Crippen molar-refractivity contribution in [1.29, 1.82) is 0 Å². The van der Waals surface area contributed by atoms with Crippen LogP contribution in [0.2, 0.25) is 0 Å². The van der Waals surface area contributed by atoms with Gasteiger partial charge in [0.2, 0.25) is 5.79 Å². The minimum atomic E-state index is -1.05. The number of ether oxygens (including phenoxy) is 1. The van der Waals surface area contributed by atoms with Crippen LogP contribution in [-0.4, -0.2) is 24.1 Å². The van der Waals surface area contributed by atoms with Crippen LogP contribution in [0.25, 0.3) is 0 Å². The van der Waals surface area contributed by atoms with Crippen molar-refractivity contribution in [3.8, 4) is 0 Å². The molecular formula is C3H7NO3. The summed E-state index contributed by atoms with van der Waals surface area (Å²) in [6.07, 6.45) is 0. The Morgan fingerprint density at radius 2 is 2.57 bits per heavy atom. The quantitative estimate of drug-likeness (QED) is 0.334. The summed E-state index contributed by atoms with van der Waals surface area (Å²) in [6, 6.07) is 0. The van der Waals surface area contributed by atoms with Gasteiger partial charge in [-0.25, -0.2) is 5.90 Å². The van der Waals surface area contributed by atoms with Crippen molar-refractivity contribution in [3.05, 3.63) is 0 Å². The Bertz CT molecular complexity index is 70.6. The maximum absolute atomic E-state index is 8.70. The van der Waals surface area contributed by atoms with Gasteiger partial charge in [-0.3, -0.25) is 4.84 Å². The minimum absolute atomic E-state index is 0.0625. The van der Waals surface area contributed by atoms with E-state index in [9.17, 15) is 0 Å². The van der Waals surface area contributed by atoms with Gasteiger partial charge in [0.15, 0.2) is 0 Å². The average Bonchev–Trinajstić information content (AvgIpc) is 2.22. The highest BCUT2D eigenvalue weighted by atomic mass is 16.8. The Kier molecular flexibility index (Phi) is 1.01. The lowest BCUT2D eigenvalue weighted by molar-refractivity contribution is -0.0443. The van der Waals surface area contributed by atoms with Crippen molar-refractivity contribution in [2.24, 2.45) is 5.90 Å². The molecule has 42 valence electrons. The fourth-order valence-electron chi connectivity index (χ4n) is 0.297. The monoisotopic (exact) mass is 105 g/mol. The van der Waals surface area contributed by atoms with Crippen LogP contribution in [0.4, 0.5) is 0 Å². The second-order valence-corrected chi connectivity index (χ2v) is 1.55. The lowest BCUT2D eigenvalue weighted by atomic mass is 10.4. The molecule has 1 saturated heterocycles. The van der Waals surface area contributed by atoms with Crippen molar-refractivity contribution in [3.63, 3.8) is 0 Å². The molecule has 0 amide bonds. The average molecular weight is 105 g/mol. The third-order valence-corrected chi connectivity index (χ3v) is 0.786. The zero-order valence-electron chi connectivity index (χ0n) is 3.76. The van der Waals surface area contributed by atoms with Crippen molar-refractivity contribution < 1.29 is 14.7 Å². The Hall–Kier alpha value is -0.160. The standard InChI is InChI=1S/C3H7NO3/c4-7-2-3(5)1-6-3/h5H,1-2,4H2. The van der Waals surface area contributed by atoms with Crippen LogP contribution in [0.1, 0.15) is 0 Å². The normalized spacial score (nSPS) is 38.6. The summed E-state index contributed by atoms with van der Waals surface area (Å²) in [4.78, 5) is 4.09. The molecule has 4 heteroatoms. The van der Waals surface area contributed by atoms with E-state index < -0.39 is 5.79 Å². The SMILES string of the molecule is NOCC1(O)CO1. The fraction of sp³-hybridized carbons (Fsp3) is 1.00. The van der Waals surface area contributed by atoms with Gasteiger partial charge in [-0.05, 0) is 0 Å².